The summed E-state index contributed by atoms with van der Waals surface area (Å²) in [5.74, 6) is 2.46. The number of methoxy groups -OCH3 is 1. The molecule has 6 nitrogen and oxygen atoms in total. The van der Waals surface area contributed by atoms with E-state index in [9.17, 15) is 9.59 Å². The fourth-order valence-electron chi connectivity index (χ4n) is 3.30. The summed E-state index contributed by atoms with van der Waals surface area (Å²) in [7, 11) is 1.60. The largest absolute Gasteiger partial charge is 0.497 e. The number of carbonyl (C=O) groups excluding carboxylic acids is 2. The van der Waals surface area contributed by atoms with Gasteiger partial charge in [-0.2, -0.15) is 11.8 Å². The lowest BCUT2D eigenvalue weighted by atomic mass is 9.91. The van der Waals surface area contributed by atoms with E-state index in [1.807, 2.05) is 24.3 Å². The van der Waals surface area contributed by atoms with E-state index in [4.69, 9.17) is 14.2 Å². The van der Waals surface area contributed by atoms with E-state index in [-0.39, 0.29) is 6.61 Å². The standard InChI is InChI=1S/C23H35NO5S/c1-23(2,3)29-22(26)24-20(16-30-15-18-8-6-5-7-9-18)21(25)28-14-17-10-12-19(27-4)13-11-17/h10-13,18,20H,5-9,14-16H2,1-4H3,(H,24,26)/t20-/m0/s1. The first-order valence-corrected chi connectivity index (χ1v) is 11.8. The Balaban J connectivity index is 1.89. The van der Waals surface area contributed by atoms with Crippen LogP contribution in [-0.2, 0) is 20.9 Å². The van der Waals surface area contributed by atoms with Gasteiger partial charge >= 0.3 is 12.1 Å². The molecule has 1 atom stereocenters. The Morgan fingerprint density at radius 3 is 2.40 bits per heavy atom. The molecule has 0 heterocycles. The number of rotatable bonds is 9. The second-order valence-corrected chi connectivity index (χ2v) is 9.77. The van der Waals surface area contributed by atoms with E-state index in [0.29, 0.717) is 11.7 Å². The van der Waals surface area contributed by atoms with Crippen LogP contribution in [0.1, 0.15) is 58.4 Å². The van der Waals surface area contributed by atoms with Crippen LogP contribution in [0, 0.1) is 5.92 Å². The lowest BCUT2D eigenvalue weighted by molar-refractivity contribution is -0.146. The van der Waals surface area contributed by atoms with Crippen LogP contribution in [0.25, 0.3) is 0 Å². The molecule has 1 saturated carbocycles. The molecule has 0 saturated heterocycles. The van der Waals surface area contributed by atoms with Gasteiger partial charge < -0.3 is 19.5 Å². The number of esters is 1. The Hall–Kier alpha value is -1.89. The summed E-state index contributed by atoms with van der Waals surface area (Å²) in [5.41, 5.74) is 0.228. The average Bonchev–Trinajstić information content (AvgIpc) is 2.71. The summed E-state index contributed by atoms with van der Waals surface area (Å²) in [6.45, 7) is 5.52. The van der Waals surface area contributed by atoms with Gasteiger partial charge in [0.2, 0.25) is 0 Å². The second kappa shape index (κ2) is 12.1. The Kier molecular flexibility index (Phi) is 9.82. The summed E-state index contributed by atoms with van der Waals surface area (Å²) in [6.07, 6.45) is 5.79. The number of carbonyl (C=O) groups is 2. The van der Waals surface area contributed by atoms with Gasteiger partial charge in [0.05, 0.1) is 7.11 Å². The van der Waals surface area contributed by atoms with Crippen molar-refractivity contribution in [2.24, 2.45) is 5.92 Å². The highest BCUT2D eigenvalue weighted by molar-refractivity contribution is 7.99. The minimum Gasteiger partial charge on any atom is -0.497 e. The molecule has 168 valence electrons. The zero-order chi connectivity index (χ0) is 22.0. The van der Waals surface area contributed by atoms with Crippen molar-refractivity contribution in [2.75, 3.05) is 18.6 Å². The zero-order valence-electron chi connectivity index (χ0n) is 18.6. The lowest BCUT2D eigenvalue weighted by Gasteiger charge is -2.24. The minimum absolute atomic E-state index is 0.141. The number of hydrogen-bond acceptors (Lipinski definition) is 6. The molecule has 1 amide bonds. The first kappa shape index (κ1) is 24.4. The number of alkyl carbamates (subject to hydrolysis) is 1. The van der Waals surface area contributed by atoms with Crippen LogP contribution in [0.2, 0.25) is 0 Å². The number of amides is 1. The van der Waals surface area contributed by atoms with Crippen LogP contribution < -0.4 is 10.1 Å². The molecule has 7 heteroatoms. The van der Waals surface area contributed by atoms with Gasteiger partial charge in [0.15, 0.2) is 0 Å². The monoisotopic (exact) mass is 437 g/mol. The predicted molar refractivity (Wildman–Crippen MR) is 120 cm³/mol. The lowest BCUT2D eigenvalue weighted by Crippen LogP contribution is -2.45. The fourth-order valence-corrected chi connectivity index (χ4v) is 4.56. The molecule has 1 N–H and O–H groups in total. The fraction of sp³-hybridized carbons (Fsp3) is 0.652. The summed E-state index contributed by atoms with van der Waals surface area (Å²) in [4.78, 5) is 24.9. The molecule has 1 aliphatic rings. The van der Waals surface area contributed by atoms with Crippen molar-refractivity contribution in [3.05, 3.63) is 29.8 Å². The molecule has 1 aromatic carbocycles. The van der Waals surface area contributed by atoms with Crippen LogP contribution in [0.15, 0.2) is 24.3 Å². The quantitative estimate of drug-likeness (QED) is 0.551. The topological polar surface area (TPSA) is 73.9 Å². The summed E-state index contributed by atoms with van der Waals surface area (Å²) >= 11 is 1.70. The zero-order valence-corrected chi connectivity index (χ0v) is 19.4. The van der Waals surface area contributed by atoms with Crippen molar-refractivity contribution < 1.29 is 23.8 Å². The highest BCUT2D eigenvalue weighted by atomic mass is 32.2. The molecular formula is C23H35NO5S. The minimum atomic E-state index is -0.744. The predicted octanol–water partition coefficient (Wildman–Crippen LogP) is 4.95. The third-order valence-corrected chi connectivity index (χ3v) is 6.15. The van der Waals surface area contributed by atoms with E-state index in [2.05, 4.69) is 5.32 Å². The maximum Gasteiger partial charge on any atom is 0.408 e. The van der Waals surface area contributed by atoms with E-state index >= 15 is 0 Å². The number of thioether (sulfide) groups is 1. The van der Waals surface area contributed by atoms with Crippen molar-refractivity contribution in [3.63, 3.8) is 0 Å². The Labute approximate surface area is 184 Å². The van der Waals surface area contributed by atoms with Crippen LogP contribution in [0.5, 0.6) is 5.75 Å². The Morgan fingerprint density at radius 1 is 1.13 bits per heavy atom. The molecule has 0 bridgehead atoms. The van der Waals surface area contributed by atoms with Gasteiger partial charge in [-0.05, 0) is 63.0 Å². The van der Waals surface area contributed by atoms with Gasteiger partial charge in [-0.25, -0.2) is 9.59 Å². The maximum atomic E-state index is 12.7. The molecule has 0 spiro atoms. The molecular weight excluding hydrogens is 402 g/mol. The van der Waals surface area contributed by atoms with Gasteiger partial charge in [0.1, 0.15) is 24.0 Å². The molecule has 0 unspecified atom stereocenters. The van der Waals surface area contributed by atoms with Crippen molar-refractivity contribution in [1.82, 2.24) is 5.32 Å². The van der Waals surface area contributed by atoms with E-state index in [1.165, 1.54) is 32.1 Å². The third kappa shape index (κ3) is 9.28. The second-order valence-electron chi connectivity index (χ2n) is 8.70. The molecule has 1 aromatic rings. The number of hydrogen-bond donors (Lipinski definition) is 1. The highest BCUT2D eigenvalue weighted by Crippen LogP contribution is 2.27. The van der Waals surface area contributed by atoms with Crippen molar-refractivity contribution in [3.8, 4) is 5.75 Å². The van der Waals surface area contributed by atoms with Gasteiger partial charge in [-0.15, -0.1) is 0 Å². The molecule has 30 heavy (non-hydrogen) atoms. The number of benzene rings is 1. The first-order valence-electron chi connectivity index (χ1n) is 10.6. The summed E-state index contributed by atoms with van der Waals surface area (Å²) in [6, 6.07) is 6.59. The van der Waals surface area contributed by atoms with E-state index in [1.54, 1.807) is 39.6 Å². The molecule has 0 radical (unpaired) electrons. The van der Waals surface area contributed by atoms with Crippen LogP contribution in [0.3, 0.4) is 0 Å². The summed E-state index contributed by atoms with van der Waals surface area (Å²) in [5, 5.41) is 2.69. The van der Waals surface area contributed by atoms with Crippen LogP contribution in [0.4, 0.5) is 4.79 Å². The third-order valence-electron chi connectivity index (χ3n) is 4.88. The van der Waals surface area contributed by atoms with Gasteiger partial charge in [0, 0.05) is 5.75 Å². The smallest absolute Gasteiger partial charge is 0.408 e. The SMILES string of the molecule is COc1ccc(COC(=O)[C@H](CSCC2CCCCC2)NC(=O)OC(C)(C)C)cc1. The average molecular weight is 438 g/mol. The van der Waals surface area contributed by atoms with E-state index < -0.39 is 23.7 Å². The Morgan fingerprint density at radius 2 is 1.80 bits per heavy atom. The molecule has 1 fully saturated rings. The Bertz CT molecular complexity index is 665. The van der Waals surface area contributed by atoms with Crippen molar-refractivity contribution >= 4 is 23.8 Å². The van der Waals surface area contributed by atoms with Crippen molar-refractivity contribution in [1.29, 1.82) is 0 Å². The summed E-state index contributed by atoms with van der Waals surface area (Å²) < 4.78 is 15.9. The maximum absolute atomic E-state index is 12.7. The van der Waals surface area contributed by atoms with Crippen LogP contribution >= 0.6 is 11.8 Å². The first-order chi connectivity index (χ1) is 14.3. The molecule has 1 aliphatic carbocycles. The van der Waals surface area contributed by atoms with Gasteiger partial charge in [0.25, 0.3) is 0 Å². The van der Waals surface area contributed by atoms with Crippen molar-refractivity contribution in [2.45, 2.75) is 71.1 Å². The highest BCUT2D eigenvalue weighted by Gasteiger charge is 2.26. The molecule has 0 aromatic heterocycles. The van der Waals surface area contributed by atoms with Gasteiger partial charge in [-0.1, -0.05) is 31.4 Å². The number of ether oxygens (including phenoxy) is 3. The number of nitrogens with one attached hydrogen (secondary N) is 1. The normalized spacial score (nSPS) is 15.9. The molecule has 0 aliphatic heterocycles. The van der Waals surface area contributed by atoms with Gasteiger partial charge in [-0.3, -0.25) is 0 Å². The van der Waals surface area contributed by atoms with Crippen LogP contribution in [-0.4, -0.2) is 42.3 Å². The molecule has 2 rings (SSSR count). The van der Waals surface area contributed by atoms with E-state index in [0.717, 1.165) is 17.1 Å².